The summed E-state index contributed by atoms with van der Waals surface area (Å²) in [6, 6.07) is 7.15. The first kappa shape index (κ1) is 13.2. The number of rotatable bonds is 3. The van der Waals surface area contributed by atoms with E-state index in [1.807, 2.05) is 6.07 Å². The number of piperazine rings is 1. The van der Waals surface area contributed by atoms with E-state index in [1.54, 1.807) is 28.0 Å². The van der Waals surface area contributed by atoms with Gasteiger partial charge in [-0.1, -0.05) is 6.07 Å². The van der Waals surface area contributed by atoms with Crippen LogP contribution in [0, 0.1) is 0 Å². The van der Waals surface area contributed by atoms with E-state index in [-0.39, 0.29) is 5.91 Å². The molecule has 0 unspecified atom stereocenters. The number of aromatic nitrogens is 4. The number of tetrazole rings is 1. The van der Waals surface area contributed by atoms with E-state index in [2.05, 4.69) is 15.5 Å². The Kier molecular flexibility index (Phi) is 3.59. The third kappa shape index (κ3) is 2.73. The van der Waals surface area contributed by atoms with Gasteiger partial charge in [-0.15, -0.1) is 5.10 Å². The number of carbonyl (C=O) groups excluding carboxylic acids is 2. The van der Waals surface area contributed by atoms with Gasteiger partial charge in [-0.3, -0.25) is 9.59 Å². The van der Waals surface area contributed by atoms with E-state index < -0.39 is 0 Å². The molecule has 1 aliphatic rings. The number of nitrogens with zero attached hydrogens (tertiary/aromatic N) is 6. The summed E-state index contributed by atoms with van der Waals surface area (Å²) in [5.74, 6) is -0.0459. The van der Waals surface area contributed by atoms with Crippen molar-refractivity contribution in [2.45, 2.75) is 0 Å². The second kappa shape index (κ2) is 5.70. The van der Waals surface area contributed by atoms with Gasteiger partial charge >= 0.3 is 0 Å². The highest BCUT2D eigenvalue weighted by atomic mass is 16.2. The van der Waals surface area contributed by atoms with E-state index in [1.165, 1.54) is 11.0 Å². The fraction of sp³-hybridized carbons (Fsp3) is 0.308. The fourth-order valence-electron chi connectivity index (χ4n) is 2.27. The van der Waals surface area contributed by atoms with Crippen LogP contribution in [0.2, 0.25) is 0 Å². The number of hydrogen-bond donors (Lipinski definition) is 0. The summed E-state index contributed by atoms with van der Waals surface area (Å²) in [6.45, 7) is 2.24. The first-order valence-corrected chi connectivity index (χ1v) is 6.60. The predicted octanol–water partition coefficient (Wildman–Crippen LogP) is -0.424. The normalized spacial score (nSPS) is 15.0. The smallest absolute Gasteiger partial charge is 0.254 e. The molecule has 8 nitrogen and oxygen atoms in total. The molecule has 0 saturated carbocycles. The molecule has 1 aromatic heterocycles. The van der Waals surface area contributed by atoms with Crippen LogP contribution in [0.1, 0.15) is 10.4 Å². The minimum Gasteiger partial charge on any atom is -0.342 e. The van der Waals surface area contributed by atoms with Crippen molar-refractivity contribution < 1.29 is 9.59 Å². The lowest BCUT2D eigenvalue weighted by Crippen LogP contribution is -2.48. The van der Waals surface area contributed by atoms with Crippen molar-refractivity contribution in [3.05, 3.63) is 36.2 Å². The third-order valence-corrected chi connectivity index (χ3v) is 3.46. The first-order chi connectivity index (χ1) is 10.3. The third-order valence-electron chi connectivity index (χ3n) is 3.46. The lowest BCUT2D eigenvalue weighted by molar-refractivity contribution is -0.119. The molecule has 0 radical (unpaired) electrons. The highest BCUT2D eigenvalue weighted by Gasteiger charge is 2.21. The maximum atomic E-state index is 12.5. The van der Waals surface area contributed by atoms with Gasteiger partial charge in [-0.2, -0.15) is 0 Å². The average Bonchev–Trinajstić information content (AvgIpc) is 3.09. The van der Waals surface area contributed by atoms with Gasteiger partial charge in [0, 0.05) is 31.7 Å². The summed E-state index contributed by atoms with van der Waals surface area (Å²) in [5.41, 5.74) is 1.32. The van der Waals surface area contributed by atoms with Crippen LogP contribution in [0.3, 0.4) is 0 Å². The molecule has 21 heavy (non-hydrogen) atoms. The summed E-state index contributed by atoms with van der Waals surface area (Å²) in [5, 5.41) is 11.0. The highest BCUT2D eigenvalue weighted by Crippen LogP contribution is 2.12. The van der Waals surface area contributed by atoms with E-state index in [0.717, 1.165) is 12.1 Å². The van der Waals surface area contributed by atoms with Gasteiger partial charge in [0.15, 0.2) is 0 Å². The number of hydrogen-bond acceptors (Lipinski definition) is 5. The maximum absolute atomic E-state index is 12.5. The molecule has 3 rings (SSSR count). The first-order valence-electron chi connectivity index (χ1n) is 6.60. The fourth-order valence-corrected chi connectivity index (χ4v) is 2.27. The van der Waals surface area contributed by atoms with E-state index in [4.69, 9.17) is 0 Å². The van der Waals surface area contributed by atoms with Crippen LogP contribution in [0.15, 0.2) is 30.6 Å². The molecule has 0 spiro atoms. The largest absolute Gasteiger partial charge is 0.342 e. The van der Waals surface area contributed by atoms with Crippen molar-refractivity contribution in [2.75, 3.05) is 26.2 Å². The average molecular weight is 286 g/mol. The molecule has 2 heterocycles. The van der Waals surface area contributed by atoms with Crippen molar-refractivity contribution in [1.29, 1.82) is 0 Å². The minimum absolute atomic E-state index is 0.0459. The van der Waals surface area contributed by atoms with Gasteiger partial charge in [-0.05, 0) is 28.6 Å². The zero-order valence-electron chi connectivity index (χ0n) is 11.3. The quantitative estimate of drug-likeness (QED) is 0.715. The van der Waals surface area contributed by atoms with Crippen molar-refractivity contribution in [3.63, 3.8) is 0 Å². The van der Waals surface area contributed by atoms with E-state index in [9.17, 15) is 9.59 Å². The predicted molar refractivity (Wildman–Crippen MR) is 72.7 cm³/mol. The Hall–Kier alpha value is -2.77. The van der Waals surface area contributed by atoms with Crippen molar-refractivity contribution >= 4 is 12.3 Å². The molecule has 2 amide bonds. The van der Waals surface area contributed by atoms with Crippen LogP contribution in [0.25, 0.3) is 5.69 Å². The van der Waals surface area contributed by atoms with Crippen LogP contribution >= 0.6 is 0 Å². The molecule has 2 aromatic rings. The number of amides is 2. The monoisotopic (exact) mass is 286 g/mol. The second-order valence-corrected chi connectivity index (χ2v) is 4.74. The van der Waals surface area contributed by atoms with Crippen molar-refractivity contribution in [2.24, 2.45) is 0 Å². The van der Waals surface area contributed by atoms with Crippen molar-refractivity contribution in [1.82, 2.24) is 30.0 Å². The van der Waals surface area contributed by atoms with Gasteiger partial charge in [0.05, 0.1) is 5.69 Å². The Balaban J connectivity index is 1.76. The van der Waals surface area contributed by atoms with Crippen molar-refractivity contribution in [3.8, 4) is 5.69 Å². The molecule has 0 bridgehead atoms. The Morgan fingerprint density at radius 3 is 2.67 bits per heavy atom. The summed E-state index contributed by atoms with van der Waals surface area (Å²) >= 11 is 0. The van der Waals surface area contributed by atoms with Crippen LogP contribution in [-0.4, -0.2) is 68.5 Å². The van der Waals surface area contributed by atoms with Gasteiger partial charge in [0.2, 0.25) is 6.41 Å². The zero-order valence-corrected chi connectivity index (χ0v) is 11.3. The Bertz CT molecular complexity index is 634. The van der Waals surface area contributed by atoms with Crippen LogP contribution in [0.4, 0.5) is 0 Å². The SMILES string of the molecule is O=CN1CCN(C(=O)c2cccc(-n3cnnn3)c2)CC1. The molecular formula is C13H14N6O2. The summed E-state index contributed by atoms with van der Waals surface area (Å²) < 4.78 is 1.50. The maximum Gasteiger partial charge on any atom is 0.254 e. The summed E-state index contributed by atoms with van der Waals surface area (Å²) in [4.78, 5) is 26.6. The lowest BCUT2D eigenvalue weighted by Gasteiger charge is -2.32. The Labute approximate surface area is 120 Å². The van der Waals surface area contributed by atoms with Crippen LogP contribution in [-0.2, 0) is 4.79 Å². The van der Waals surface area contributed by atoms with Gasteiger partial charge < -0.3 is 9.80 Å². The zero-order chi connectivity index (χ0) is 14.7. The molecule has 1 aliphatic heterocycles. The highest BCUT2D eigenvalue weighted by molar-refractivity contribution is 5.94. The second-order valence-electron chi connectivity index (χ2n) is 4.74. The molecule has 0 aliphatic carbocycles. The van der Waals surface area contributed by atoms with Crippen LogP contribution < -0.4 is 0 Å². The molecule has 1 aromatic carbocycles. The van der Waals surface area contributed by atoms with E-state index in [0.29, 0.717) is 31.7 Å². The standard InChI is InChI=1S/C13H14N6O2/c20-10-17-4-6-18(7-5-17)13(21)11-2-1-3-12(8-11)19-9-14-15-16-19/h1-3,8-10H,4-7H2. The lowest BCUT2D eigenvalue weighted by atomic mass is 10.1. The molecule has 1 fully saturated rings. The Morgan fingerprint density at radius 1 is 1.19 bits per heavy atom. The summed E-state index contributed by atoms with van der Waals surface area (Å²) in [7, 11) is 0. The number of benzene rings is 1. The summed E-state index contributed by atoms with van der Waals surface area (Å²) in [6.07, 6.45) is 2.30. The van der Waals surface area contributed by atoms with Crippen LogP contribution in [0.5, 0.6) is 0 Å². The molecular weight excluding hydrogens is 272 g/mol. The molecule has 0 N–H and O–H groups in total. The van der Waals surface area contributed by atoms with Gasteiger partial charge in [0.25, 0.3) is 5.91 Å². The molecule has 1 saturated heterocycles. The van der Waals surface area contributed by atoms with Gasteiger partial charge in [0.1, 0.15) is 6.33 Å². The minimum atomic E-state index is -0.0459. The topological polar surface area (TPSA) is 84.2 Å². The Morgan fingerprint density at radius 2 is 2.00 bits per heavy atom. The molecule has 108 valence electrons. The molecule has 8 heteroatoms. The van der Waals surface area contributed by atoms with E-state index >= 15 is 0 Å². The van der Waals surface area contributed by atoms with Gasteiger partial charge in [-0.25, -0.2) is 4.68 Å². The number of carbonyl (C=O) groups is 2. The molecule has 0 atom stereocenters.